The third-order valence-corrected chi connectivity index (χ3v) is 5.11. The van der Waals surface area contributed by atoms with Crippen molar-refractivity contribution in [2.24, 2.45) is 0 Å². The second-order valence-corrected chi connectivity index (χ2v) is 7.19. The molecule has 0 spiro atoms. The van der Waals surface area contributed by atoms with Crippen LogP contribution in [0.15, 0.2) is 42.5 Å². The molecule has 138 valence electrons. The van der Waals surface area contributed by atoms with Crippen molar-refractivity contribution in [2.45, 2.75) is 0 Å². The van der Waals surface area contributed by atoms with E-state index in [0.29, 0.717) is 13.1 Å². The Hall–Kier alpha value is -2.16. The lowest BCUT2D eigenvalue weighted by Crippen LogP contribution is -2.50. The average Bonchev–Trinajstić information content (AvgIpc) is 2.69. The van der Waals surface area contributed by atoms with Crippen LogP contribution in [0.3, 0.4) is 0 Å². The molecule has 0 aliphatic carbocycles. The summed E-state index contributed by atoms with van der Waals surface area (Å²) in [5.41, 5.74) is 1.83. The second-order valence-electron chi connectivity index (χ2n) is 5.95. The van der Waals surface area contributed by atoms with Crippen molar-refractivity contribution < 1.29 is 14.3 Å². The molecule has 7 heteroatoms. The van der Waals surface area contributed by atoms with Crippen LogP contribution < -0.4 is 19.7 Å². The highest BCUT2D eigenvalue weighted by molar-refractivity contribution is 14.1. The van der Waals surface area contributed by atoms with Crippen molar-refractivity contribution in [3.8, 4) is 11.5 Å². The minimum absolute atomic E-state index is 0.0624. The molecule has 1 N–H and O–H groups in total. The molecule has 0 bridgehead atoms. The predicted octanol–water partition coefficient (Wildman–Crippen LogP) is 3.66. The van der Waals surface area contributed by atoms with E-state index in [1.807, 2.05) is 47.4 Å². The summed E-state index contributed by atoms with van der Waals surface area (Å²) >= 11 is 2.24. The molecule has 6 nitrogen and oxygen atoms in total. The van der Waals surface area contributed by atoms with Crippen molar-refractivity contribution in [2.75, 3.05) is 50.6 Å². The Balaban J connectivity index is 1.60. The fourth-order valence-corrected chi connectivity index (χ4v) is 3.29. The molecule has 2 amide bonds. The van der Waals surface area contributed by atoms with Crippen molar-refractivity contribution in [3.05, 3.63) is 46.0 Å². The van der Waals surface area contributed by atoms with Crippen LogP contribution in [0.1, 0.15) is 0 Å². The van der Waals surface area contributed by atoms with Crippen LogP contribution in [0, 0.1) is 3.57 Å². The van der Waals surface area contributed by atoms with Crippen LogP contribution in [-0.2, 0) is 0 Å². The lowest BCUT2D eigenvalue weighted by molar-refractivity contribution is 0.208. The van der Waals surface area contributed by atoms with E-state index in [0.717, 1.165) is 39.5 Å². The third kappa shape index (κ3) is 4.32. The number of amides is 2. The van der Waals surface area contributed by atoms with E-state index >= 15 is 0 Å². The number of nitrogens with one attached hydrogen (secondary N) is 1. The van der Waals surface area contributed by atoms with Gasteiger partial charge in [-0.05, 0) is 59.0 Å². The first-order chi connectivity index (χ1) is 12.6. The molecule has 2 aromatic carbocycles. The van der Waals surface area contributed by atoms with Crippen LogP contribution in [-0.4, -0.2) is 51.3 Å². The lowest BCUT2D eigenvalue weighted by atomic mass is 10.2. The van der Waals surface area contributed by atoms with Gasteiger partial charge < -0.3 is 24.6 Å². The molecular weight excluding hydrogens is 445 g/mol. The summed E-state index contributed by atoms with van der Waals surface area (Å²) in [7, 11) is 3.29. The van der Waals surface area contributed by atoms with Gasteiger partial charge >= 0.3 is 6.03 Å². The molecule has 0 radical (unpaired) electrons. The molecule has 1 aliphatic rings. The zero-order chi connectivity index (χ0) is 18.5. The van der Waals surface area contributed by atoms with E-state index in [4.69, 9.17) is 9.47 Å². The maximum atomic E-state index is 12.5. The Labute approximate surface area is 167 Å². The molecule has 1 saturated heterocycles. The molecule has 2 aromatic rings. The number of benzene rings is 2. The highest BCUT2D eigenvalue weighted by Gasteiger charge is 2.23. The summed E-state index contributed by atoms with van der Waals surface area (Å²) in [6.07, 6.45) is 0. The van der Waals surface area contributed by atoms with Crippen molar-refractivity contribution in [1.29, 1.82) is 0 Å². The smallest absolute Gasteiger partial charge is 0.321 e. The molecule has 1 fully saturated rings. The van der Waals surface area contributed by atoms with E-state index < -0.39 is 0 Å². The van der Waals surface area contributed by atoms with Crippen LogP contribution in [0.25, 0.3) is 0 Å². The average molecular weight is 467 g/mol. The van der Waals surface area contributed by atoms with Gasteiger partial charge in [0.1, 0.15) is 11.5 Å². The number of anilines is 2. The number of piperazine rings is 1. The van der Waals surface area contributed by atoms with Gasteiger partial charge in [0.25, 0.3) is 0 Å². The number of nitrogens with zero attached hydrogens (tertiary/aromatic N) is 2. The first kappa shape index (κ1) is 18.6. The van der Waals surface area contributed by atoms with Crippen molar-refractivity contribution >= 4 is 40.0 Å². The number of ether oxygens (including phenoxy) is 2. The second kappa shape index (κ2) is 8.48. The number of urea groups is 1. The zero-order valence-electron chi connectivity index (χ0n) is 14.9. The molecule has 0 atom stereocenters. The van der Waals surface area contributed by atoms with Gasteiger partial charge in [-0.15, -0.1) is 0 Å². The minimum atomic E-state index is -0.0624. The van der Waals surface area contributed by atoms with Gasteiger partial charge in [-0.1, -0.05) is 0 Å². The van der Waals surface area contributed by atoms with E-state index in [2.05, 4.69) is 32.8 Å². The van der Waals surface area contributed by atoms with Gasteiger partial charge in [0.05, 0.1) is 19.9 Å². The summed E-state index contributed by atoms with van der Waals surface area (Å²) in [5, 5.41) is 2.95. The van der Waals surface area contributed by atoms with Crippen LogP contribution >= 0.6 is 22.6 Å². The summed E-state index contributed by atoms with van der Waals surface area (Å²) < 4.78 is 11.9. The number of carbonyl (C=O) groups excluding carboxylic acids is 1. The third-order valence-electron chi connectivity index (χ3n) is 4.39. The van der Waals surface area contributed by atoms with Crippen LogP contribution in [0.5, 0.6) is 11.5 Å². The molecule has 1 heterocycles. The topological polar surface area (TPSA) is 54.0 Å². The van der Waals surface area contributed by atoms with E-state index in [-0.39, 0.29) is 6.03 Å². The standard InChI is InChI=1S/C19H22IN3O3/c1-25-16-7-8-17(18(13-16)26-2)22-9-11-23(12-10-22)19(24)21-15-5-3-14(20)4-6-15/h3-8,13H,9-12H2,1-2H3,(H,21,24). The Morgan fingerprint density at radius 2 is 1.69 bits per heavy atom. The first-order valence-electron chi connectivity index (χ1n) is 8.39. The normalized spacial score (nSPS) is 14.1. The molecule has 0 saturated carbocycles. The monoisotopic (exact) mass is 467 g/mol. The number of hydrogen-bond acceptors (Lipinski definition) is 4. The van der Waals surface area contributed by atoms with Gasteiger partial charge in [-0.2, -0.15) is 0 Å². The predicted molar refractivity (Wildman–Crippen MR) is 112 cm³/mol. The fourth-order valence-electron chi connectivity index (χ4n) is 2.93. The Morgan fingerprint density at radius 3 is 2.31 bits per heavy atom. The number of hydrogen-bond donors (Lipinski definition) is 1. The summed E-state index contributed by atoms with van der Waals surface area (Å²) in [6.45, 7) is 2.82. The van der Waals surface area contributed by atoms with E-state index in [1.54, 1.807) is 14.2 Å². The molecule has 26 heavy (non-hydrogen) atoms. The number of methoxy groups -OCH3 is 2. The molecule has 0 unspecified atom stereocenters. The van der Waals surface area contributed by atoms with Gasteiger partial charge in [-0.3, -0.25) is 0 Å². The van der Waals surface area contributed by atoms with Crippen molar-refractivity contribution in [3.63, 3.8) is 0 Å². The Bertz CT molecular complexity index is 759. The lowest BCUT2D eigenvalue weighted by Gasteiger charge is -2.36. The van der Waals surface area contributed by atoms with E-state index in [9.17, 15) is 4.79 Å². The Kier molecular flexibility index (Phi) is 6.08. The molecule has 3 rings (SSSR count). The maximum absolute atomic E-state index is 12.5. The maximum Gasteiger partial charge on any atom is 0.321 e. The fraction of sp³-hybridized carbons (Fsp3) is 0.316. The Morgan fingerprint density at radius 1 is 1.00 bits per heavy atom. The number of rotatable bonds is 4. The SMILES string of the molecule is COc1ccc(N2CCN(C(=O)Nc3ccc(I)cc3)CC2)c(OC)c1. The van der Waals surface area contributed by atoms with Crippen LogP contribution in [0.4, 0.5) is 16.2 Å². The first-order valence-corrected chi connectivity index (χ1v) is 9.47. The largest absolute Gasteiger partial charge is 0.497 e. The van der Waals surface area contributed by atoms with Gasteiger partial charge in [0, 0.05) is 41.5 Å². The van der Waals surface area contributed by atoms with E-state index in [1.165, 1.54) is 0 Å². The molecule has 1 aliphatic heterocycles. The summed E-state index contributed by atoms with van der Waals surface area (Å²) in [6, 6.07) is 13.5. The van der Waals surface area contributed by atoms with Crippen LogP contribution in [0.2, 0.25) is 0 Å². The number of carbonyl (C=O) groups is 1. The summed E-state index contributed by atoms with van der Waals surface area (Å²) in [5.74, 6) is 1.54. The summed E-state index contributed by atoms with van der Waals surface area (Å²) in [4.78, 5) is 16.5. The van der Waals surface area contributed by atoms with Gasteiger partial charge in [0.15, 0.2) is 0 Å². The van der Waals surface area contributed by atoms with Gasteiger partial charge in [-0.25, -0.2) is 4.79 Å². The minimum Gasteiger partial charge on any atom is -0.497 e. The molecular formula is C19H22IN3O3. The zero-order valence-corrected chi connectivity index (χ0v) is 17.0. The highest BCUT2D eigenvalue weighted by atomic mass is 127. The molecule has 0 aromatic heterocycles. The number of halogens is 1. The van der Waals surface area contributed by atoms with Gasteiger partial charge in [0.2, 0.25) is 0 Å². The highest BCUT2D eigenvalue weighted by Crippen LogP contribution is 2.32. The quantitative estimate of drug-likeness (QED) is 0.698. The van der Waals surface area contributed by atoms with Crippen molar-refractivity contribution in [1.82, 2.24) is 4.90 Å².